The quantitative estimate of drug-likeness (QED) is 0.486. The first kappa shape index (κ1) is 7.62. The SMILES string of the molecule is [B]=c1c(=O)c2cccc3ccnc1c32. The van der Waals surface area contributed by atoms with Gasteiger partial charge in [-0.05, 0) is 0 Å². The molecule has 0 aliphatic carbocycles. The Morgan fingerprint density at radius 3 is 2.93 bits per heavy atom. The molecule has 3 rings (SSSR count). The average molecular weight is 178 g/mol. The molecule has 0 aliphatic heterocycles. The third kappa shape index (κ3) is 0.745. The van der Waals surface area contributed by atoms with Crippen molar-refractivity contribution in [2.45, 2.75) is 0 Å². The van der Waals surface area contributed by atoms with Crippen molar-refractivity contribution in [3.63, 3.8) is 0 Å². The molecule has 63 valence electrons. The molecule has 1 aromatic heterocycles. The molecule has 3 aromatic rings. The molecule has 0 spiro atoms. The van der Waals surface area contributed by atoms with E-state index in [1.807, 2.05) is 18.2 Å². The maximum atomic E-state index is 11.7. The second-order valence-corrected chi connectivity index (χ2v) is 3.31. The summed E-state index contributed by atoms with van der Waals surface area (Å²) < 4.78 is 0. The summed E-state index contributed by atoms with van der Waals surface area (Å²) in [6.07, 6.45) is 1.67. The number of nitrogens with zero attached hydrogens (tertiary/aromatic N) is 1. The molecular formula is C11H5BNO. The van der Waals surface area contributed by atoms with Crippen LogP contribution in [0.15, 0.2) is 35.3 Å². The summed E-state index contributed by atoms with van der Waals surface area (Å²) >= 11 is 0. The van der Waals surface area contributed by atoms with E-state index in [1.165, 1.54) is 0 Å². The zero-order chi connectivity index (χ0) is 9.71. The van der Waals surface area contributed by atoms with Gasteiger partial charge in [0.05, 0.1) is 0 Å². The summed E-state index contributed by atoms with van der Waals surface area (Å²) in [6.45, 7) is 0. The zero-order valence-corrected chi connectivity index (χ0v) is 7.32. The van der Waals surface area contributed by atoms with Gasteiger partial charge in [-0.2, -0.15) is 0 Å². The third-order valence-corrected chi connectivity index (χ3v) is 2.54. The van der Waals surface area contributed by atoms with E-state index in [-0.39, 0.29) is 10.5 Å². The van der Waals surface area contributed by atoms with Crippen molar-refractivity contribution in [2.24, 2.45) is 0 Å². The second-order valence-electron chi connectivity index (χ2n) is 3.31. The third-order valence-electron chi connectivity index (χ3n) is 2.54. The van der Waals surface area contributed by atoms with E-state index in [9.17, 15) is 4.79 Å². The number of rotatable bonds is 0. The predicted octanol–water partition coefficient (Wildman–Crippen LogP) is 1.32. The standard InChI is InChI=1S/C11H5BNO/c12-9-10-8-6(4-5-13-10)2-1-3-7(8)11(9)14/h1-5H. The Bertz CT molecular complexity index is 664. The molecule has 3 heteroatoms. The van der Waals surface area contributed by atoms with Gasteiger partial charge in [0, 0.05) is 0 Å². The Morgan fingerprint density at radius 1 is 1.21 bits per heavy atom. The molecular weight excluding hydrogens is 173 g/mol. The first-order valence-corrected chi connectivity index (χ1v) is 4.34. The Morgan fingerprint density at radius 2 is 2.07 bits per heavy atom. The molecule has 0 saturated carbocycles. The molecule has 14 heavy (non-hydrogen) atoms. The molecule has 2 nitrogen and oxygen atoms in total. The van der Waals surface area contributed by atoms with Crippen LogP contribution in [0.3, 0.4) is 0 Å². The van der Waals surface area contributed by atoms with Crippen LogP contribution >= 0.6 is 0 Å². The fourth-order valence-electron chi connectivity index (χ4n) is 1.88. The Labute approximate surface area is 80.6 Å². The van der Waals surface area contributed by atoms with Gasteiger partial charge >= 0.3 is 79.9 Å². The van der Waals surface area contributed by atoms with Crippen LogP contribution in [0.5, 0.6) is 0 Å². The Hall–Kier alpha value is -1.77. The van der Waals surface area contributed by atoms with E-state index < -0.39 is 0 Å². The predicted molar refractivity (Wildman–Crippen MR) is 56.9 cm³/mol. The monoisotopic (exact) mass is 178 g/mol. The van der Waals surface area contributed by atoms with Crippen LogP contribution in [0.1, 0.15) is 0 Å². The average Bonchev–Trinajstić information content (AvgIpc) is 2.47. The number of hydrogen-bond acceptors (Lipinski definition) is 2. The van der Waals surface area contributed by atoms with Gasteiger partial charge in [0.1, 0.15) is 0 Å². The van der Waals surface area contributed by atoms with Gasteiger partial charge in [-0.1, -0.05) is 0 Å². The van der Waals surface area contributed by atoms with Crippen LogP contribution in [0.4, 0.5) is 0 Å². The molecule has 0 saturated heterocycles. The molecule has 0 fully saturated rings. The van der Waals surface area contributed by atoms with Crippen LogP contribution in [-0.4, -0.2) is 12.5 Å². The molecule has 2 aromatic carbocycles. The molecule has 0 N–H and O–H groups in total. The summed E-state index contributed by atoms with van der Waals surface area (Å²) in [4.78, 5) is 15.8. The molecule has 0 atom stereocenters. The van der Waals surface area contributed by atoms with Crippen molar-refractivity contribution in [1.82, 2.24) is 4.98 Å². The molecule has 0 aliphatic rings. The normalized spacial score (nSPS) is 11.4. The van der Waals surface area contributed by atoms with Gasteiger partial charge in [0.2, 0.25) is 0 Å². The zero-order valence-electron chi connectivity index (χ0n) is 7.32. The van der Waals surface area contributed by atoms with Gasteiger partial charge in [-0.25, -0.2) is 0 Å². The van der Waals surface area contributed by atoms with E-state index in [2.05, 4.69) is 4.98 Å². The van der Waals surface area contributed by atoms with Gasteiger partial charge in [-0.3, -0.25) is 0 Å². The Balaban J connectivity index is 2.91. The first-order chi connectivity index (χ1) is 6.79. The molecule has 1 heterocycles. The minimum absolute atomic E-state index is 0.107. The summed E-state index contributed by atoms with van der Waals surface area (Å²) in [5.74, 6) is 0. The summed E-state index contributed by atoms with van der Waals surface area (Å²) in [6, 6.07) is 7.48. The van der Waals surface area contributed by atoms with E-state index in [0.29, 0.717) is 10.9 Å². The number of benzene rings is 1. The van der Waals surface area contributed by atoms with E-state index in [4.69, 9.17) is 7.49 Å². The number of hydrogen-bond donors (Lipinski definition) is 0. The van der Waals surface area contributed by atoms with Crippen LogP contribution in [0.2, 0.25) is 0 Å². The van der Waals surface area contributed by atoms with Crippen molar-refractivity contribution in [3.05, 3.63) is 45.8 Å². The second kappa shape index (κ2) is 2.38. The van der Waals surface area contributed by atoms with Gasteiger partial charge in [0.15, 0.2) is 0 Å². The molecule has 0 amide bonds. The maximum absolute atomic E-state index is 11.7. The Kier molecular flexibility index (Phi) is 1.30. The number of pyridine rings is 1. The fourth-order valence-corrected chi connectivity index (χ4v) is 1.88. The van der Waals surface area contributed by atoms with Gasteiger partial charge in [-0.15, -0.1) is 0 Å². The van der Waals surface area contributed by atoms with Crippen molar-refractivity contribution in [3.8, 4) is 0 Å². The first-order valence-electron chi connectivity index (χ1n) is 4.34. The van der Waals surface area contributed by atoms with E-state index in [1.54, 1.807) is 12.3 Å². The van der Waals surface area contributed by atoms with Crippen LogP contribution in [-0.2, 0) is 0 Å². The van der Waals surface area contributed by atoms with Crippen molar-refractivity contribution in [1.29, 1.82) is 0 Å². The van der Waals surface area contributed by atoms with Crippen molar-refractivity contribution in [2.75, 3.05) is 0 Å². The van der Waals surface area contributed by atoms with Crippen molar-refractivity contribution < 1.29 is 0 Å². The number of aromatic nitrogens is 1. The summed E-state index contributed by atoms with van der Waals surface area (Å²) in [5.41, 5.74) is 0.521. The van der Waals surface area contributed by atoms with E-state index in [0.717, 1.165) is 10.8 Å². The van der Waals surface area contributed by atoms with Crippen LogP contribution in [0, 0.1) is 5.11 Å². The fraction of sp³-hybridized carbons (Fsp3) is 0. The summed E-state index contributed by atoms with van der Waals surface area (Å²) in [7, 11) is 5.69. The molecule has 0 unspecified atom stereocenters. The van der Waals surface area contributed by atoms with Gasteiger partial charge < -0.3 is 0 Å². The van der Waals surface area contributed by atoms with Crippen molar-refractivity contribution >= 4 is 29.2 Å². The topological polar surface area (TPSA) is 30.0 Å². The van der Waals surface area contributed by atoms with E-state index >= 15 is 0 Å². The van der Waals surface area contributed by atoms with Crippen LogP contribution in [0.25, 0.3) is 21.7 Å². The summed E-state index contributed by atoms with van der Waals surface area (Å²) in [5, 5.41) is 2.83. The molecule has 0 bridgehead atoms. The van der Waals surface area contributed by atoms with Crippen LogP contribution < -0.4 is 5.43 Å². The molecule has 1 radical (unpaired) electrons. The van der Waals surface area contributed by atoms with Gasteiger partial charge in [0.25, 0.3) is 0 Å². The minimum atomic E-state index is -0.107.